The first-order chi connectivity index (χ1) is 11.8. The van der Waals surface area contributed by atoms with Crippen molar-refractivity contribution in [3.8, 4) is 22.5 Å². The standard InChI is InChI=1S/C20H16N4/c1-21-20-17-10-9-15(14-6-3-2-4-7-14)12-18(17)23-19(24-20)16-8-5-11-22-13-16/h2-13H,1H3,(H,21,23,24). The van der Waals surface area contributed by atoms with Gasteiger partial charge < -0.3 is 5.32 Å². The second-order valence-corrected chi connectivity index (χ2v) is 5.49. The number of hydrogen-bond acceptors (Lipinski definition) is 4. The van der Waals surface area contributed by atoms with E-state index in [9.17, 15) is 0 Å². The van der Waals surface area contributed by atoms with Crippen LogP contribution in [-0.4, -0.2) is 22.0 Å². The van der Waals surface area contributed by atoms with Crippen molar-refractivity contribution < 1.29 is 0 Å². The van der Waals surface area contributed by atoms with E-state index in [1.807, 2.05) is 37.4 Å². The highest BCUT2D eigenvalue weighted by atomic mass is 15.0. The number of nitrogens with one attached hydrogen (secondary N) is 1. The lowest BCUT2D eigenvalue weighted by molar-refractivity contribution is 1.20. The van der Waals surface area contributed by atoms with Gasteiger partial charge in [-0.2, -0.15) is 0 Å². The number of nitrogens with zero attached hydrogens (tertiary/aromatic N) is 3. The third-order valence-electron chi connectivity index (χ3n) is 3.96. The molecule has 4 nitrogen and oxygen atoms in total. The Morgan fingerprint density at radius 2 is 1.62 bits per heavy atom. The summed E-state index contributed by atoms with van der Waals surface area (Å²) in [7, 11) is 1.87. The molecule has 0 saturated carbocycles. The number of fused-ring (bicyclic) bond motifs is 1. The fourth-order valence-electron chi connectivity index (χ4n) is 2.75. The molecule has 2 aromatic carbocycles. The van der Waals surface area contributed by atoms with Gasteiger partial charge in [0.05, 0.1) is 5.52 Å². The van der Waals surface area contributed by atoms with Crippen molar-refractivity contribution in [3.63, 3.8) is 0 Å². The smallest absolute Gasteiger partial charge is 0.163 e. The molecular formula is C20H16N4. The Balaban J connectivity index is 1.92. The van der Waals surface area contributed by atoms with Crippen molar-refractivity contribution in [2.24, 2.45) is 0 Å². The number of pyridine rings is 1. The summed E-state index contributed by atoms with van der Waals surface area (Å²) in [5, 5.41) is 4.17. The molecule has 4 heteroatoms. The van der Waals surface area contributed by atoms with E-state index in [1.54, 1.807) is 12.4 Å². The third-order valence-corrected chi connectivity index (χ3v) is 3.96. The first-order valence-corrected chi connectivity index (χ1v) is 7.80. The molecule has 0 bridgehead atoms. The minimum absolute atomic E-state index is 0.671. The highest BCUT2D eigenvalue weighted by molar-refractivity contribution is 5.93. The minimum Gasteiger partial charge on any atom is -0.373 e. The SMILES string of the molecule is CNc1nc(-c2cccnc2)nc2cc(-c3ccccc3)ccc12. The van der Waals surface area contributed by atoms with Crippen LogP contribution in [0.5, 0.6) is 0 Å². The van der Waals surface area contributed by atoms with Gasteiger partial charge in [0, 0.05) is 30.4 Å². The molecule has 0 amide bonds. The molecule has 0 aliphatic carbocycles. The maximum atomic E-state index is 4.75. The van der Waals surface area contributed by atoms with E-state index < -0.39 is 0 Å². The van der Waals surface area contributed by atoms with E-state index in [0.29, 0.717) is 5.82 Å². The number of rotatable bonds is 3. The minimum atomic E-state index is 0.671. The largest absolute Gasteiger partial charge is 0.373 e. The predicted molar refractivity (Wildman–Crippen MR) is 97.8 cm³/mol. The zero-order valence-corrected chi connectivity index (χ0v) is 13.3. The molecule has 0 unspecified atom stereocenters. The molecule has 0 aliphatic rings. The highest BCUT2D eigenvalue weighted by Crippen LogP contribution is 2.28. The first-order valence-electron chi connectivity index (χ1n) is 7.80. The van der Waals surface area contributed by atoms with Crippen LogP contribution in [0, 0.1) is 0 Å². The second-order valence-electron chi connectivity index (χ2n) is 5.49. The topological polar surface area (TPSA) is 50.7 Å². The first kappa shape index (κ1) is 14.3. The number of aromatic nitrogens is 3. The van der Waals surface area contributed by atoms with Gasteiger partial charge in [-0.3, -0.25) is 4.98 Å². The van der Waals surface area contributed by atoms with E-state index in [4.69, 9.17) is 4.98 Å². The molecule has 24 heavy (non-hydrogen) atoms. The Morgan fingerprint density at radius 1 is 0.792 bits per heavy atom. The van der Waals surface area contributed by atoms with Gasteiger partial charge in [0.2, 0.25) is 0 Å². The van der Waals surface area contributed by atoms with Gasteiger partial charge in [-0.15, -0.1) is 0 Å². The van der Waals surface area contributed by atoms with E-state index >= 15 is 0 Å². The molecule has 0 saturated heterocycles. The van der Waals surface area contributed by atoms with Gasteiger partial charge in [-0.25, -0.2) is 9.97 Å². The summed E-state index contributed by atoms with van der Waals surface area (Å²) in [5.41, 5.74) is 4.13. The summed E-state index contributed by atoms with van der Waals surface area (Å²) in [5.74, 6) is 1.49. The average molecular weight is 312 g/mol. The van der Waals surface area contributed by atoms with Gasteiger partial charge in [-0.05, 0) is 35.4 Å². The Kier molecular flexibility index (Phi) is 3.63. The quantitative estimate of drug-likeness (QED) is 0.609. The molecule has 2 aromatic heterocycles. The van der Waals surface area contributed by atoms with Crippen LogP contribution in [0.3, 0.4) is 0 Å². The van der Waals surface area contributed by atoms with E-state index in [1.165, 1.54) is 5.56 Å². The lowest BCUT2D eigenvalue weighted by Gasteiger charge is -2.10. The van der Waals surface area contributed by atoms with Crippen LogP contribution in [0.1, 0.15) is 0 Å². The predicted octanol–water partition coefficient (Wildman–Crippen LogP) is 4.40. The summed E-state index contributed by atoms with van der Waals surface area (Å²) in [6.07, 6.45) is 3.53. The van der Waals surface area contributed by atoms with Crippen molar-refractivity contribution in [1.82, 2.24) is 15.0 Å². The van der Waals surface area contributed by atoms with Gasteiger partial charge in [0.1, 0.15) is 5.82 Å². The zero-order valence-electron chi connectivity index (χ0n) is 13.3. The molecule has 0 spiro atoms. The lowest BCUT2D eigenvalue weighted by atomic mass is 10.0. The average Bonchev–Trinajstić information content (AvgIpc) is 2.68. The molecule has 4 rings (SSSR count). The Morgan fingerprint density at radius 3 is 2.38 bits per heavy atom. The van der Waals surface area contributed by atoms with Gasteiger partial charge in [0.15, 0.2) is 5.82 Å². The van der Waals surface area contributed by atoms with Gasteiger partial charge in [0.25, 0.3) is 0 Å². The van der Waals surface area contributed by atoms with Gasteiger partial charge >= 0.3 is 0 Å². The van der Waals surface area contributed by atoms with E-state index in [0.717, 1.165) is 27.8 Å². The Bertz CT molecular complexity index is 977. The van der Waals surface area contributed by atoms with Crippen LogP contribution >= 0.6 is 0 Å². The fourth-order valence-corrected chi connectivity index (χ4v) is 2.75. The van der Waals surface area contributed by atoms with Crippen molar-refractivity contribution in [3.05, 3.63) is 73.1 Å². The maximum absolute atomic E-state index is 4.75. The molecule has 1 N–H and O–H groups in total. The van der Waals surface area contributed by atoms with Crippen LogP contribution in [-0.2, 0) is 0 Å². The number of benzene rings is 2. The molecular weight excluding hydrogens is 296 g/mol. The molecule has 0 atom stereocenters. The maximum Gasteiger partial charge on any atom is 0.163 e. The molecule has 116 valence electrons. The summed E-state index contributed by atoms with van der Waals surface area (Å²) in [6.45, 7) is 0. The van der Waals surface area contributed by atoms with Crippen molar-refractivity contribution in [2.45, 2.75) is 0 Å². The third kappa shape index (κ3) is 2.58. The van der Waals surface area contributed by atoms with Crippen LogP contribution in [0.15, 0.2) is 73.1 Å². The molecule has 2 heterocycles. The lowest BCUT2D eigenvalue weighted by Crippen LogP contribution is -1.99. The Labute approximate surface area is 140 Å². The zero-order chi connectivity index (χ0) is 16.4. The van der Waals surface area contributed by atoms with Crippen LogP contribution in [0.4, 0.5) is 5.82 Å². The van der Waals surface area contributed by atoms with Crippen LogP contribution < -0.4 is 5.32 Å². The highest BCUT2D eigenvalue weighted by Gasteiger charge is 2.10. The second kappa shape index (κ2) is 6.08. The Hall–Kier alpha value is -3.27. The van der Waals surface area contributed by atoms with Crippen LogP contribution in [0.25, 0.3) is 33.4 Å². The summed E-state index contributed by atoms with van der Waals surface area (Å²) >= 11 is 0. The van der Waals surface area contributed by atoms with Crippen LogP contribution in [0.2, 0.25) is 0 Å². The number of anilines is 1. The fraction of sp³-hybridized carbons (Fsp3) is 0.0500. The van der Waals surface area contributed by atoms with Crippen molar-refractivity contribution in [1.29, 1.82) is 0 Å². The van der Waals surface area contributed by atoms with E-state index in [-0.39, 0.29) is 0 Å². The summed E-state index contributed by atoms with van der Waals surface area (Å²) in [4.78, 5) is 13.5. The van der Waals surface area contributed by atoms with E-state index in [2.05, 4.69) is 45.6 Å². The monoisotopic (exact) mass is 312 g/mol. The van der Waals surface area contributed by atoms with Crippen molar-refractivity contribution >= 4 is 16.7 Å². The number of hydrogen-bond donors (Lipinski definition) is 1. The summed E-state index contributed by atoms with van der Waals surface area (Å²) in [6, 6.07) is 20.4. The van der Waals surface area contributed by atoms with Crippen molar-refractivity contribution in [2.75, 3.05) is 12.4 Å². The summed E-state index contributed by atoms with van der Waals surface area (Å²) < 4.78 is 0. The normalized spacial score (nSPS) is 10.7. The molecule has 0 aliphatic heterocycles. The molecule has 4 aromatic rings. The molecule has 0 fully saturated rings. The van der Waals surface area contributed by atoms with Gasteiger partial charge in [-0.1, -0.05) is 36.4 Å². The molecule has 0 radical (unpaired) electrons.